The van der Waals surface area contributed by atoms with E-state index >= 15 is 0 Å². The smallest absolute Gasteiger partial charge is 0.246 e. The minimum absolute atomic E-state index is 0.126. The van der Waals surface area contributed by atoms with Gasteiger partial charge in [-0.2, -0.15) is 0 Å². The Morgan fingerprint density at radius 1 is 0.942 bits per heavy atom. The first kappa shape index (κ1) is 40.2. The van der Waals surface area contributed by atoms with Gasteiger partial charge in [-0.3, -0.25) is 19.1 Å². The van der Waals surface area contributed by atoms with Crippen molar-refractivity contribution in [1.82, 2.24) is 14.9 Å². The average molecular weight is 739 g/mol. The number of carbonyl (C=O) groups is 3. The van der Waals surface area contributed by atoms with Crippen molar-refractivity contribution in [2.45, 2.75) is 81.9 Å². The molecule has 1 saturated heterocycles. The average Bonchev–Trinajstić information content (AvgIpc) is 4.08. The number of methoxy groups -OCH3 is 1. The van der Waals surface area contributed by atoms with Crippen LogP contribution in [0.5, 0.6) is 0 Å². The first-order valence-electron chi connectivity index (χ1n) is 17.2. The number of nitrogens with zero attached hydrogens (tertiary/aromatic N) is 1. The van der Waals surface area contributed by atoms with Gasteiger partial charge in [-0.1, -0.05) is 75.4 Å². The second-order valence-corrected chi connectivity index (χ2v) is 16.2. The molecule has 0 unspecified atom stereocenters. The maximum atomic E-state index is 14.3. The summed E-state index contributed by atoms with van der Waals surface area (Å²) in [5.74, 6) is -2.48. The number of amides is 3. The predicted octanol–water partition coefficient (Wildman–Crippen LogP) is 5.91. The Kier molecular flexibility index (Phi) is 13.0. The summed E-state index contributed by atoms with van der Waals surface area (Å²) in [6.45, 7) is 11.8. The van der Waals surface area contributed by atoms with Crippen molar-refractivity contribution in [2.24, 2.45) is 5.41 Å². The summed E-state index contributed by atoms with van der Waals surface area (Å²) in [7, 11) is -1.65. The Bertz CT molecular complexity index is 1810. The molecule has 13 heteroatoms. The van der Waals surface area contributed by atoms with Gasteiger partial charge >= 0.3 is 0 Å². The number of benzene rings is 3. The lowest BCUT2D eigenvalue weighted by Gasteiger charge is -2.36. The summed E-state index contributed by atoms with van der Waals surface area (Å²) < 4.78 is 56.8. The van der Waals surface area contributed by atoms with Gasteiger partial charge in [0.25, 0.3) is 0 Å². The molecule has 3 aromatic carbocycles. The summed E-state index contributed by atoms with van der Waals surface area (Å²) in [6, 6.07) is 20.1. The zero-order chi connectivity index (χ0) is 38.3. The van der Waals surface area contributed by atoms with E-state index in [-0.39, 0.29) is 41.7 Å². The first-order chi connectivity index (χ1) is 24.7. The molecule has 280 valence electrons. The number of hydrogen-bond donors (Lipinski definition) is 3. The molecule has 3 aromatic rings. The van der Waals surface area contributed by atoms with Crippen LogP contribution in [0.4, 0.5) is 14.5 Å². The SMILES string of the molecule is C=C.CO[C@@]1(c2ccc(-c3ccccc3)cc2)C[C@@H](C(=O)NC2CC2)N(C(=O)[C@H](Nc2ccc(F)c(F)c2)C(C)(C)C)C1.O=CNS(=O)(=O)C1CC1. The minimum atomic E-state index is -3.26. The molecular weight excluding hydrogens is 691 g/mol. The third-order valence-electron chi connectivity index (χ3n) is 9.26. The van der Waals surface area contributed by atoms with Gasteiger partial charge in [-0.15, -0.1) is 13.2 Å². The van der Waals surface area contributed by atoms with Crippen LogP contribution in [0.25, 0.3) is 11.1 Å². The number of hydrogen-bond acceptors (Lipinski definition) is 7. The van der Waals surface area contributed by atoms with E-state index < -0.39 is 44.8 Å². The Balaban J connectivity index is 0.000000475. The lowest BCUT2D eigenvalue weighted by atomic mass is 9.85. The largest absolute Gasteiger partial charge is 0.373 e. The molecule has 3 aliphatic rings. The van der Waals surface area contributed by atoms with Crippen molar-refractivity contribution < 1.29 is 36.3 Å². The van der Waals surface area contributed by atoms with Crippen LogP contribution in [0, 0.1) is 17.0 Å². The van der Waals surface area contributed by atoms with Crippen LogP contribution in [0.3, 0.4) is 0 Å². The van der Waals surface area contributed by atoms with Crippen LogP contribution in [-0.4, -0.2) is 68.6 Å². The Morgan fingerprint density at radius 3 is 2.08 bits per heavy atom. The third kappa shape index (κ3) is 9.82. The van der Waals surface area contributed by atoms with Crippen molar-refractivity contribution in [3.05, 3.63) is 103 Å². The quantitative estimate of drug-likeness (QED) is 0.165. The second-order valence-electron chi connectivity index (χ2n) is 14.2. The van der Waals surface area contributed by atoms with Crippen LogP contribution < -0.4 is 15.4 Å². The molecule has 10 nitrogen and oxygen atoms in total. The van der Waals surface area contributed by atoms with E-state index in [9.17, 15) is 31.6 Å². The fraction of sp³-hybridized carbons (Fsp3) is 0.410. The van der Waals surface area contributed by atoms with E-state index in [4.69, 9.17) is 4.74 Å². The molecule has 0 radical (unpaired) electrons. The normalized spacial score (nSPS) is 20.3. The Morgan fingerprint density at radius 2 is 1.56 bits per heavy atom. The number of rotatable bonds is 11. The molecule has 6 rings (SSSR count). The lowest BCUT2D eigenvalue weighted by Crippen LogP contribution is -2.54. The highest BCUT2D eigenvalue weighted by atomic mass is 32.2. The fourth-order valence-corrected chi connectivity index (χ4v) is 7.13. The van der Waals surface area contributed by atoms with E-state index in [1.807, 2.05) is 75.4 Å². The van der Waals surface area contributed by atoms with Crippen LogP contribution in [0.2, 0.25) is 0 Å². The number of ether oxygens (including phenoxy) is 1. The monoisotopic (exact) mass is 738 g/mol. The van der Waals surface area contributed by atoms with Gasteiger partial charge in [0.15, 0.2) is 11.6 Å². The maximum absolute atomic E-state index is 14.3. The Hall–Kier alpha value is -4.62. The molecule has 2 aliphatic carbocycles. The van der Waals surface area contributed by atoms with E-state index in [1.165, 1.54) is 6.07 Å². The molecule has 52 heavy (non-hydrogen) atoms. The van der Waals surface area contributed by atoms with E-state index in [0.717, 1.165) is 41.7 Å². The van der Waals surface area contributed by atoms with Gasteiger partial charge in [0.1, 0.15) is 17.7 Å². The molecule has 1 heterocycles. The van der Waals surface area contributed by atoms with Gasteiger partial charge in [0.05, 0.1) is 11.8 Å². The lowest BCUT2D eigenvalue weighted by molar-refractivity contribution is -0.141. The number of sulfonamides is 1. The summed E-state index contributed by atoms with van der Waals surface area (Å²) >= 11 is 0. The van der Waals surface area contributed by atoms with Crippen molar-refractivity contribution in [1.29, 1.82) is 0 Å². The zero-order valence-electron chi connectivity index (χ0n) is 30.0. The second kappa shape index (κ2) is 16.8. The molecule has 0 aromatic heterocycles. The summed E-state index contributed by atoms with van der Waals surface area (Å²) in [6.07, 6.45) is 3.71. The highest BCUT2D eigenvalue weighted by Gasteiger charge is 2.52. The molecule has 0 bridgehead atoms. The standard InChI is InChI=1S/C33H37F2N3O3.C4H7NO3S.C2H4/c1-32(2,3)29(36-25-16-17-26(34)27(35)18-25)31(40)38-20-33(41-4,19-28(38)30(39)37-24-14-15-24)23-12-10-22(11-13-23)21-8-6-5-7-9-21;6-3-5-9(7,8)4-1-2-4;1-2/h5-13,16-18,24,28-29,36H,14-15,19-20H2,1-4H3,(H,37,39);3-4H,1-2H2,(H,5,6);1-2H2/t28-,29-,33-;;/m0../s1. The number of likely N-dealkylation sites (tertiary alicyclic amines) is 1. The van der Waals surface area contributed by atoms with Crippen LogP contribution in [-0.2, 0) is 34.7 Å². The Labute approximate surface area is 305 Å². The molecule has 1 aliphatic heterocycles. The number of carbonyl (C=O) groups excluding carboxylic acids is 3. The third-order valence-corrected chi connectivity index (χ3v) is 11.0. The molecule has 2 saturated carbocycles. The molecule has 0 spiro atoms. The van der Waals surface area contributed by atoms with Crippen LogP contribution in [0.1, 0.15) is 58.4 Å². The number of halogens is 2. The molecule has 3 N–H and O–H groups in total. The van der Waals surface area contributed by atoms with Crippen LogP contribution >= 0.6 is 0 Å². The van der Waals surface area contributed by atoms with Crippen molar-refractivity contribution >= 4 is 33.9 Å². The van der Waals surface area contributed by atoms with Gasteiger partial charge in [0, 0.05) is 31.3 Å². The van der Waals surface area contributed by atoms with Gasteiger partial charge < -0.3 is 20.3 Å². The zero-order valence-corrected chi connectivity index (χ0v) is 30.8. The van der Waals surface area contributed by atoms with Crippen molar-refractivity contribution in [3.8, 4) is 11.1 Å². The van der Waals surface area contributed by atoms with Gasteiger partial charge in [-0.25, -0.2) is 17.2 Å². The molecular formula is C39H48F2N4O6S. The van der Waals surface area contributed by atoms with Crippen molar-refractivity contribution in [3.63, 3.8) is 0 Å². The molecule has 3 fully saturated rings. The summed E-state index contributed by atoms with van der Waals surface area (Å²) in [5, 5.41) is 5.88. The maximum Gasteiger partial charge on any atom is 0.246 e. The van der Waals surface area contributed by atoms with Gasteiger partial charge in [-0.05, 0) is 59.9 Å². The van der Waals surface area contributed by atoms with E-state index in [0.29, 0.717) is 19.3 Å². The minimum Gasteiger partial charge on any atom is -0.373 e. The number of anilines is 1. The van der Waals surface area contributed by atoms with Gasteiger partial charge in [0.2, 0.25) is 28.2 Å². The van der Waals surface area contributed by atoms with Crippen LogP contribution in [0.15, 0.2) is 86.0 Å². The van der Waals surface area contributed by atoms with Crippen molar-refractivity contribution in [2.75, 3.05) is 19.0 Å². The molecule has 3 amide bonds. The fourth-order valence-electron chi connectivity index (χ4n) is 6.04. The molecule has 3 atom stereocenters. The summed E-state index contributed by atoms with van der Waals surface area (Å²) in [4.78, 5) is 39.1. The highest BCUT2D eigenvalue weighted by molar-refractivity contribution is 7.90. The predicted molar refractivity (Wildman–Crippen MR) is 197 cm³/mol. The van der Waals surface area contributed by atoms with E-state index in [1.54, 1.807) is 16.7 Å². The first-order valence-corrected chi connectivity index (χ1v) is 18.7. The highest BCUT2D eigenvalue weighted by Crippen LogP contribution is 2.41. The van der Waals surface area contributed by atoms with E-state index in [2.05, 4.69) is 23.8 Å². The number of nitrogens with one attached hydrogen (secondary N) is 3. The topological polar surface area (TPSA) is 134 Å². The summed E-state index contributed by atoms with van der Waals surface area (Å²) in [5.41, 5.74) is 1.78.